The fourth-order valence-corrected chi connectivity index (χ4v) is 1.71. The Morgan fingerprint density at radius 2 is 2.12 bits per heavy atom. The summed E-state index contributed by atoms with van der Waals surface area (Å²) in [5.74, 6) is 0. The standard InChI is InChI=1S/C12H12BrN3/c1-9-2-3-10(6-15-9)7-16-12-4-5-14-8-11(12)13/h2-6,8H,7H2,1H3,(H,14,16). The van der Waals surface area contributed by atoms with Crippen LogP contribution in [0.25, 0.3) is 0 Å². The van der Waals surface area contributed by atoms with Crippen LogP contribution in [0, 0.1) is 6.92 Å². The smallest absolute Gasteiger partial charge is 0.0590 e. The molecular weight excluding hydrogens is 266 g/mol. The Morgan fingerprint density at radius 1 is 1.25 bits per heavy atom. The summed E-state index contributed by atoms with van der Waals surface area (Å²) in [7, 11) is 0. The third kappa shape index (κ3) is 2.79. The average Bonchev–Trinajstić information content (AvgIpc) is 2.30. The van der Waals surface area contributed by atoms with Gasteiger partial charge in [-0.3, -0.25) is 9.97 Å². The molecule has 2 aromatic rings. The second-order valence-corrected chi connectivity index (χ2v) is 4.37. The minimum Gasteiger partial charge on any atom is -0.380 e. The monoisotopic (exact) mass is 277 g/mol. The molecule has 16 heavy (non-hydrogen) atoms. The lowest BCUT2D eigenvalue weighted by Gasteiger charge is -2.07. The Balaban J connectivity index is 2.02. The molecule has 82 valence electrons. The van der Waals surface area contributed by atoms with Gasteiger partial charge in [0.05, 0.1) is 10.2 Å². The Labute approximate surface area is 103 Å². The summed E-state index contributed by atoms with van der Waals surface area (Å²) in [6.07, 6.45) is 5.42. The maximum atomic E-state index is 4.25. The molecule has 0 unspecified atom stereocenters. The molecule has 0 saturated heterocycles. The molecule has 2 rings (SSSR count). The van der Waals surface area contributed by atoms with E-state index in [1.165, 1.54) is 0 Å². The average molecular weight is 278 g/mol. The van der Waals surface area contributed by atoms with Gasteiger partial charge in [-0.05, 0) is 40.5 Å². The molecule has 4 heteroatoms. The van der Waals surface area contributed by atoms with Crippen molar-refractivity contribution < 1.29 is 0 Å². The van der Waals surface area contributed by atoms with Crippen molar-refractivity contribution in [2.24, 2.45) is 0 Å². The molecule has 0 radical (unpaired) electrons. The van der Waals surface area contributed by atoms with E-state index in [1.807, 2.05) is 25.3 Å². The van der Waals surface area contributed by atoms with Gasteiger partial charge in [0.15, 0.2) is 0 Å². The van der Waals surface area contributed by atoms with Crippen molar-refractivity contribution in [3.05, 3.63) is 52.5 Å². The van der Waals surface area contributed by atoms with Gasteiger partial charge in [-0.25, -0.2) is 0 Å². The van der Waals surface area contributed by atoms with Gasteiger partial charge in [-0.15, -0.1) is 0 Å². The summed E-state index contributed by atoms with van der Waals surface area (Å²) in [6, 6.07) is 6.02. The number of aryl methyl sites for hydroxylation is 1. The fraction of sp³-hybridized carbons (Fsp3) is 0.167. The van der Waals surface area contributed by atoms with Crippen LogP contribution in [0.3, 0.4) is 0 Å². The highest BCUT2D eigenvalue weighted by molar-refractivity contribution is 9.10. The molecule has 0 spiro atoms. The van der Waals surface area contributed by atoms with E-state index >= 15 is 0 Å². The van der Waals surface area contributed by atoms with E-state index in [0.29, 0.717) is 0 Å². The lowest BCUT2D eigenvalue weighted by atomic mass is 10.2. The number of anilines is 1. The molecule has 0 saturated carbocycles. The van der Waals surface area contributed by atoms with Crippen LogP contribution in [0.4, 0.5) is 5.69 Å². The predicted octanol–water partition coefficient (Wildman–Crippen LogP) is 3.16. The minimum absolute atomic E-state index is 0.760. The molecule has 3 nitrogen and oxygen atoms in total. The molecule has 0 bridgehead atoms. The number of hydrogen-bond donors (Lipinski definition) is 1. The van der Waals surface area contributed by atoms with E-state index in [1.54, 1.807) is 12.4 Å². The highest BCUT2D eigenvalue weighted by atomic mass is 79.9. The molecule has 0 aliphatic carbocycles. The van der Waals surface area contributed by atoms with Gasteiger partial charge in [0.1, 0.15) is 0 Å². The lowest BCUT2D eigenvalue weighted by Crippen LogP contribution is -2.00. The van der Waals surface area contributed by atoms with Crippen molar-refractivity contribution >= 4 is 21.6 Å². The van der Waals surface area contributed by atoms with Crippen molar-refractivity contribution in [2.45, 2.75) is 13.5 Å². The van der Waals surface area contributed by atoms with Gasteiger partial charge in [0, 0.05) is 30.8 Å². The lowest BCUT2D eigenvalue weighted by molar-refractivity contribution is 1.08. The number of nitrogens with zero attached hydrogens (tertiary/aromatic N) is 2. The first kappa shape index (κ1) is 11.1. The summed E-state index contributed by atoms with van der Waals surface area (Å²) in [5.41, 5.74) is 3.23. The van der Waals surface area contributed by atoms with Crippen molar-refractivity contribution in [2.75, 3.05) is 5.32 Å². The Bertz CT molecular complexity index is 468. The summed E-state index contributed by atoms with van der Waals surface area (Å²) in [4.78, 5) is 8.26. The van der Waals surface area contributed by atoms with Gasteiger partial charge in [-0.1, -0.05) is 6.07 Å². The van der Waals surface area contributed by atoms with Gasteiger partial charge in [0.25, 0.3) is 0 Å². The van der Waals surface area contributed by atoms with Crippen molar-refractivity contribution in [1.82, 2.24) is 9.97 Å². The first-order valence-corrected chi connectivity index (χ1v) is 5.80. The van der Waals surface area contributed by atoms with Gasteiger partial charge < -0.3 is 5.32 Å². The van der Waals surface area contributed by atoms with Gasteiger partial charge in [0.2, 0.25) is 0 Å². The molecule has 0 atom stereocenters. The quantitative estimate of drug-likeness (QED) is 0.937. The highest BCUT2D eigenvalue weighted by Gasteiger charge is 1.98. The maximum Gasteiger partial charge on any atom is 0.0590 e. The van der Waals surface area contributed by atoms with Crippen LogP contribution < -0.4 is 5.32 Å². The first-order chi connectivity index (χ1) is 7.75. The van der Waals surface area contributed by atoms with E-state index < -0.39 is 0 Å². The number of halogens is 1. The minimum atomic E-state index is 0.760. The molecule has 0 amide bonds. The molecule has 0 aliphatic rings. The third-order valence-electron chi connectivity index (χ3n) is 2.23. The molecular formula is C12H12BrN3. The van der Waals surface area contributed by atoms with Crippen molar-refractivity contribution in [3.8, 4) is 0 Å². The summed E-state index contributed by atoms with van der Waals surface area (Å²) in [5, 5.41) is 3.32. The largest absolute Gasteiger partial charge is 0.380 e. The van der Waals surface area contributed by atoms with Crippen LogP contribution in [0.15, 0.2) is 41.3 Å². The zero-order chi connectivity index (χ0) is 11.4. The first-order valence-electron chi connectivity index (χ1n) is 5.00. The number of aromatic nitrogens is 2. The summed E-state index contributed by atoms with van der Waals surface area (Å²) >= 11 is 3.44. The van der Waals surface area contributed by atoms with E-state index in [9.17, 15) is 0 Å². The number of hydrogen-bond acceptors (Lipinski definition) is 3. The van der Waals surface area contributed by atoms with Crippen LogP contribution in [0.2, 0.25) is 0 Å². The summed E-state index contributed by atoms with van der Waals surface area (Å²) < 4.78 is 0.968. The van der Waals surface area contributed by atoms with Crippen LogP contribution in [0.5, 0.6) is 0 Å². The van der Waals surface area contributed by atoms with Crippen LogP contribution in [0.1, 0.15) is 11.3 Å². The van der Waals surface area contributed by atoms with Crippen LogP contribution in [-0.2, 0) is 6.54 Å². The second kappa shape index (κ2) is 5.07. The Hall–Kier alpha value is -1.42. The Morgan fingerprint density at radius 3 is 2.81 bits per heavy atom. The van der Waals surface area contributed by atoms with Crippen molar-refractivity contribution in [1.29, 1.82) is 0 Å². The van der Waals surface area contributed by atoms with Crippen LogP contribution in [-0.4, -0.2) is 9.97 Å². The zero-order valence-electron chi connectivity index (χ0n) is 8.94. The molecule has 0 aromatic carbocycles. The van der Waals surface area contributed by atoms with E-state index in [-0.39, 0.29) is 0 Å². The van der Waals surface area contributed by atoms with Gasteiger partial charge in [-0.2, -0.15) is 0 Å². The topological polar surface area (TPSA) is 37.8 Å². The fourth-order valence-electron chi connectivity index (χ4n) is 1.32. The SMILES string of the molecule is Cc1ccc(CNc2ccncc2Br)cn1. The van der Waals surface area contributed by atoms with Crippen LogP contribution >= 0.6 is 15.9 Å². The number of pyridine rings is 2. The molecule has 2 heterocycles. The zero-order valence-corrected chi connectivity index (χ0v) is 10.5. The normalized spacial score (nSPS) is 10.1. The van der Waals surface area contributed by atoms with Gasteiger partial charge >= 0.3 is 0 Å². The maximum absolute atomic E-state index is 4.25. The Kier molecular flexibility index (Phi) is 3.51. The summed E-state index contributed by atoms with van der Waals surface area (Å²) in [6.45, 7) is 2.74. The predicted molar refractivity (Wildman–Crippen MR) is 68.2 cm³/mol. The molecule has 1 N–H and O–H groups in total. The number of nitrogens with one attached hydrogen (secondary N) is 1. The second-order valence-electron chi connectivity index (χ2n) is 3.52. The van der Waals surface area contributed by atoms with Crippen molar-refractivity contribution in [3.63, 3.8) is 0 Å². The van der Waals surface area contributed by atoms with E-state index in [4.69, 9.17) is 0 Å². The highest BCUT2D eigenvalue weighted by Crippen LogP contribution is 2.20. The van der Waals surface area contributed by atoms with E-state index in [0.717, 1.165) is 28.0 Å². The van der Waals surface area contributed by atoms with E-state index in [2.05, 4.69) is 37.3 Å². The molecule has 0 fully saturated rings. The molecule has 2 aromatic heterocycles. The third-order valence-corrected chi connectivity index (χ3v) is 2.86. The molecule has 0 aliphatic heterocycles. The number of rotatable bonds is 3.